The van der Waals surface area contributed by atoms with E-state index in [0.717, 1.165) is 12.0 Å². The zero-order valence-electron chi connectivity index (χ0n) is 12.5. The molecule has 0 N–H and O–H groups in total. The van der Waals surface area contributed by atoms with Gasteiger partial charge in [0.15, 0.2) is 5.82 Å². The summed E-state index contributed by atoms with van der Waals surface area (Å²) >= 11 is 0. The standard InChI is InChI=1S/C18H21N3/c1-2-3-4-5-6-7-15-8-10-17(11-9-15)18-20-13-16(12-19)14-21-18/h8-11,13-14H,2-7H2,1H3. The Morgan fingerprint density at radius 3 is 2.24 bits per heavy atom. The van der Waals surface area contributed by atoms with E-state index in [1.807, 2.05) is 6.07 Å². The average Bonchev–Trinajstić information content (AvgIpc) is 2.55. The van der Waals surface area contributed by atoms with E-state index in [9.17, 15) is 0 Å². The molecular weight excluding hydrogens is 258 g/mol. The Hall–Kier alpha value is -2.21. The third-order valence-corrected chi connectivity index (χ3v) is 3.56. The first kappa shape index (κ1) is 15.2. The smallest absolute Gasteiger partial charge is 0.159 e. The van der Waals surface area contributed by atoms with Crippen LogP contribution in [0, 0.1) is 11.3 Å². The van der Waals surface area contributed by atoms with Crippen molar-refractivity contribution in [3.63, 3.8) is 0 Å². The SMILES string of the molecule is CCCCCCCc1ccc(-c2ncc(C#N)cn2)cc1. The molecule has 1 aromatic carbocycles. The first-order chi connectivity index (χ1) is 10.3. The van der Waals surface area contributed by atoms with E-state index in [0.29, 0.717) is 11.4 Å². The summed E-state index contributed by atoms with van der Waals surface area (Å²) in [5.74, 6) is 0.670. The van der Waals surface area contributed by atoms with Crippen molar-refractivity contribution in [2.24, 2.45) is 0 Å². The second kappa shape index (κ2) is 8.16. The maximum atomic E-state index is 8.74. The molecule has 0 amide bonds. The quantitative estimate of drug-likeness (QED) is 0.700. The molecule has 2 aromatic rings. The zero-order chi connectivity index (χ0) is 14.9. The van der Waals surface area contributed by atoms with Crippen LogP contribution in [0.2, 0.25) is 0 Å². The van der Waals surface area contributed by atoms with Crippen LogP contribution >= 0.6 is 0 Å². The lowest BCUT2D eigenvalue weighted by atomic mass is 10.0. The second-order valence-electron chi connectivity index (χ2n) is 5.27. The van der Waals surface area contributed by atoms with Crippen LogP contribution in [0.4, 0.5) is 0 Å². The molecule has 0 unspecified atom stereocenters. The fourth-order valence-corrected chi connectivity index (χ4v) is 2.29. The summed E-state index contributed by atoms with van der Waals surface area (Å²) in [6, 6.07) is 10.4. The van der Waals surface area contributed by atoms with Crippen LogP contribution in [0.3, 0.4) is 0 Å². The van der Waals surface area contributed by atoms with Gasteiger partial charge < -0.3 is 0 Å². The van der Waals surface area contributed by atoms with Crippen LogP contribution in [0.1, 0.15) is 50.2 Å². The third kappa shape index (κ3) is 4.68. The lowest BCUT2D eigenvalue weighted by Gasteiger charge is -2.04. The van der Waals surface area contributed by atoms with Gasteiger partial charge in [-0.2, -0.15) is 5.26 Å². The number of nitriles is 1. The van der Waals surface area contributed by atoms with E-state index in [-0.39, 0.29) is 0 Å². The molecule has 0 aliphatic carbocycles. The average molecular weight is 279 g/mol. The monoisotopic (exact) mass is 279 g/mol. The van der Waals surface area contributed by atoms with Gasteiger partial charge in [0.25, 0.3) is 0 Å². The summed E-state index contributed by atoms with van der Waals surface area (Å²) in [6.07, 6.45) is 10.8. The van der Waals surface area contributed by atoms with Gasteiger partial charge in [0.2, 0.25) is 0 Å². The molecule has 0 fully saturated rings. The third-order valence-electron chi connectivity index (χ3n) is 3.56. The summed E-state index contributed by atoms with van der Waals surface area (Å²) < 4.78 is 0. The topological polar surface area (TPSA) is 49.6 Å². The van der Waals surface area contributed by atoms with Gasteiger partial charge in [-0.05, 0) is 18.4 Å². The Kier molecular flexibility index (Phi) is 5.90. The number of aromatic nitrogens is 2. The van der Waals surface area contributed by atoms with E-state index < -0.39 is 0 Å². The molecule has 2 rings (SSSR count). The van der Waals surface area contributed by atoms with Gasteiger partial charge in [-0.1, -0.05) is 56.9 Å². The van der Waals surface area contributed by atoms with E-state index in [1.54, 1.807) is 12.4 Å². The highest BCUT2D eigenvalue weighted by atomic mass is 14.9. The minimum atomic E-state index is 0.488. The minimum absolute atomic E-state index is 0.488. The van der Waals surface area contributed by atoms with Crippen LogP contribution < -0.4 is 0 Å². The zero-order valence-corrected chi connectivity index (χ0v) is 12.5. The van der Waals surface area contributed by atoms with Crippen molar-refractivity contribution in [2.45, 2.75) is 45.4 Å². The Morgan fingerprint density at radius 2 is 1.62 bits per heavy atom. The van der Waals surface area contributed by atoms with Crippen molar-refractivity contribution in [1.82, 2.24) is 9.97 Å². The number of nitrogens with zero attached hydrogens (tertiary/aromatic N) is 3. The van der Waals surface area contributed by atoms with Gasteiger partial charge in [0.05, 0.1) is 5.56 Å². The predicted molar refractivity (Wildman–Crippen MR) is 84.6 cm³/mol. The molecule has 0 aliphatic heterocycles. The summed E-state index contributed by atoms with van der Waals surface area (Å²) in [6.45, 7) is 2.24. The fraction of sp³-hybridized carbons (Fsp3) is 0.389. The summed E-state index contributed by atoms with van der Waals surface area (Å²) in [5, 5.41) is 8.74. The Bertz CT molecular complexity index is 579. The highest BCUT2D eigenvalue weighted by Crippen LogP contribution is 2.17. The number of hydrogen-bond donors (Lipinski definition) is 0. The molecule has 1 aromatic heterocycles. The lowest BCUT2D eigenvalue weighted by Crippen LogP contribution is -1.91. The van der Waals surface area contributed by atoms with Crippen LogP contribution in [0.5, 0.6) is 0 Å². The molecule has 1 heterocycles. The van der Waals surface area contributed by atoms with E-state index in [1.165, 1.54) is 37.7 Å². The van der Waals surface area contributed by atoms with Crippen LogP contribution in [0.15, 0.2) is 36.7 Å². The molecule has 21 heavy (non-hydrogen) atoms. The number of benzene rings is 1. The highest BCUT2D eigenvalue weighted by molar-refractivity contribution is 5.55. The van der Waals surface area contributed by atoms with Crippen molar-refractivity contribution in [2.75, 3.05) is 0 Å². The van der Waals surface area contributed by atoms with Gasteiger partial charge in [-0.25, -0.2) is 9.97 Å². The van der Waals surface area contributed by atoms with Gasteiger partial charge in [0.1, 0.15) is 6.07 Å². The summed E-state index contributed by atoms with van der Waals surface area (Å²) in [5.41, 5.74) is 2.85. The van der Waals surface area contributed by atoms with E-state index in [2.05, 4.69) is 41.2 Å². The molecule has 108 valence electrons. The fourth-order valence-electron chi connectivity index (χ4n) is 2.29. The summed E-state index contributed by atoms with van der Waals surface area (Å²) in [4.78, 5) is 8.42. The molecule has 0 spiro atoms. The van der Waals surface area contributed by atoms with Gasteiger partial charge in [-0.3, -0.25) is 0 Å². The first-order valence-electron chi connectivity index (χ1n) is 7.65. The van der Waals surface area contributed by atoms with Crippen molar-refractivity contribution in [1.29, 1.82) is 5.26 Å². The molecule has 0 aliphatic rings. The van der Waals surface area contributed by atoms with Crippen molar-refractivity contribution in [3.8, 4) is 17.5 Å². The van der Waals surface area contributed by atoms with Crippen molar-refractivity contribution in [3.05, 3.63) is 47.8 Å². The molecule has 3 nitrogen and oxygen atoms in total. The summed E-state index contributed by atoms with van der Waals surface area (Å²) in [7, 11) is 0. The molecule has 3 heteroatoms. The van der Waals surface area contributed by atoms with Gasteiger partial charge in [0, 0.05) is 18.0 Å². The molecule has 0 saturated carbocycles. The maximum absolute atomic E-state index is 8.74. The molecule has 0 radical (unpaired) electrons. The predicted octanol–water partition coefficient (Wildman–Crippen LogP) is 4.53. The van der Waals surface area contributed by atoms with Crippen LogP contribution in [0.25, 0.3) is 11.4 Å². The first-order valence-corrected chi connectivity index (χ1v) is 7.65. The Balaban J connectivity index is 1.90. The normalized spacial score (nSPS) is 10.3. The van der Waals surface area contributed by atoms with E-state index in [4.69, 9.17) is 5.26 Å². The second-order valence-corrected chi connectivity index (χ2v) is 5.27. The molecule has 0 atom stereocenters. The van der Waals surface area contributed by atoms with Crippen molar-refractivity contribution < 1.29 is 0 Å². The molecule has 0 saturated heterocycles. The number of hydrogen-bond acceptors (Lipinski definition) is 3. The highest BCUT2D eigenvalue weighted by Gasteiger charge is 2.02. The van der Waals surface area contributed by atoms with Gasteiger partial charge >= 0.3 is 0 Å². The lowest BCUT2D eigenvalue weighted by molar-refractivity contribution is 0.632. The minimum Gasteiger partial charge on any atom is -0.235 e. The number of aryl methyl sites for hydroxylation is 1. The van der Waals surface area contributed by atoms with Crippen molar-refractivity contribution >= 4 is 0 Å². The Labute approximate surface area is 126 Å². The van der Waals surface area contributed by atoms with Crippen LogP contribution in [-0.2, 0) is 6.42 Å². The largest absolute Gasteiger partial charge is 0.235 e. The molecular formula is C18H21N3. The van der Waals surface area contributed by atoms with Gasteiger partial charge in [-0.15, -0.1) is 0 Å². The van der Waals surface area contributed by atoms with Crippen LogP contribution in [-0.4, -0.2) is 9.97 Å². The van der Waals surface area contributed by atoms with E-state index >= 15 is 0 Å². The Morgan fingerprint density at radius 1 is 0.952 bits per heavy atom. The maximum Gasteiger partial charge on any atom is 0.159 e. The number of unbranched alkanes of at least 4 members (excludes halogenated alkanes) is 4. The number of rotatable bonds is 7. The molecule has 0 bridgehead atoms.